The molecule has 2 atom stereocenters. The fourth-order valence-corrected chi connectivity index (χ4v) is 4.91. The molecule has 0 aromatic rings. The second kappa shape index (κ2) is 6.82. The topological polar surface area (TPSA) is 40.2 Å². The minimum absolute atomic E-state index is 0.0145. The summed E-state index contributed by atoms with van der Waals surface area (Å²) >= 11 is 0. The number of nitrogens with zero attached hydrogens (tertiary/aromatic N) is 1. The van der Waals surface area contributed by atoms with Gasteiger partial charge >= 0.3 is 8.80 Å². The van der Waals surface area contributed by atoms with Crippen LogP contribution in [0.1, 0.15) is 20.8 Å². The summed E-state index contributed by atoms with van der Waals surface area (Å²) in [5.74, 6) is 0. The molecule has 17 heavy (non-hydrogen) atoms. The highest BCUT2D eigenvalue weighted by Crippen LogP contribution is 2.19. The molecular formula is C11H25NO4Si. The van der Waals surface area contributed by atoms with Gasteiger partial charge in [0.1, 0.15) is 0 Å². The summed E-state index contributed by atoms with van der Waals surface area (Å²) in [7, 11) is 1.40. The maximum absolute atomic E-state index is 6.03. The lowest BCUT2D eigenvalue weighted by Crippen LogP contribution is -2.58. The zero-order chi connectivity index (χ0) is 12.9. The smallest absolute Gasteiger partial charge is 0.376 e. The van der Waals surface area contributed by atoms with Gasteiger partial charge in [-0.25, -0.2) is 0 Å². The molecule has 1 heterocycles. The number of hydrogen-bond acceptors (Lipinski definition) is 5. The van der Waals surface area contributed by atoms with Gasteiger partial charge in [-0.15, -0.1) is 0 Å². The van der Waals surface area contributed by atoms with Gasteiger partial charge in [0.15, 0.2) is 0 Å². The highest BCUT2D eigenvalue weighted by molar-refractivity contribution is 6.61. The van der Waals surface area contributed by atoms with Gasteiger partial charge in [0.25, 0.3) is 0 Å². The largest absolute Gasteiger partial charge is 0.516 e. The van der Waals surface area contributed by atoms with Crippen molar-refractivity contribution in [2.24, 2.45) is 0 Å². The Labute approximate surface area is 105 Å². The lowest BCUT2D eigenvalue weighted by atomic mass is 10.4. The fraction of sp³-hybridized carbons (Fsp3) is 1.00. The third-order valence-electron chi connectivity index (χ3n) is 2.34. The van der Waals surface area contributed by atoms with E-state index >= 15 is 0 Å². The van der Waals surface area contributed by atoms with Gasteiger partial charge in [-0.3, -0.25) is 0 Å². The van der Waals surface area contributed by atoms with Crippen LogP contribution in [-0.4, -0.2) is 66.0 Å². The summed E-state index contributed by atoms with van der Waals surface area (Å²) in [6, 6.07) is 0. The first-order chi connectivity index (χ1) is 7.97. The normalized spacial score (nSPS) is 35.6. The van der Waals surface area contributed by atoms with Gasteiger partial charge in [0, 0.05) is 6.61 Å². The predicted molar refractivity (Wildman–Crippen MR) is 67.8 cm³/mol. The third kappa shape index (κ3) is 5.03. The first-order valence-electron chi connectivity index (χ1n) is 6.19. The van der Waals surface area contributed by atoms with E-state index in [1.54, 1.807) is 0 Å². The standard InChI is InChI=1S/C11H25NO4Si/c1-6-14-17(9-12(4)5)15-10(2)7-13-8-11(3)16-17/h10-11H,6-9H2,1-5H3. The van der Waals surface area contributed by atoms with E-state index in [0.717, 1.165) is 0 Å². The lowest BCUT2D eigenvalue weighted by Gasteiger charge is -2.37. The maximum Gasteiger partial charge on any atom is 0.516 e. The summed E-state index contributed by atoms with van der Waals surface area (Å²) in [6.07, 6.45) is 0.733. The summed E-state index contributed by atoms with van der Waals surface area (Å²) in [5, 5.41) is 0. The van der Waals surface area contributed by atoms with Crippen molar-refractivity contribution < 1.29 is 18.0 Å². The second-order valence-corrected chi connectivity index (χ2v) is 7.19. The molecule has 0 bridgehead atoms. The highest BCUT2D eigenvalue weighted by atomic mass is 28.4. The van der Waals surface area contributed by atoms with Gasteiger partial charge in [-0.05, 0) is 34.9 Å². The van der Waals surface area contributed by atoms with Crippen molar-refractivity contribution in [1.82, 2.24) is 4.90 Å². The summed E-state index contributed by atoms with van der Waals surface area (Å²) in [6.45, 7) is 7.78. The molecule has 2 unspecified atom stereocenters. The van der Waals surface area contributed by atoms with E-state index < -0.39 is 8.80 Å². The number of rotatable bonds is 4. The SMILES string of the molecule is CCO[Si]1(CN(C)C)OC(C)COCC(C)O1. The third-order valence-corrected chi connectivity index (χ3v) is 5.61. The molecule has 1 aliphatic rings. The Morgan fingerprint density at radius 2 is 1.71 bits per heavy atom. The second-order valence-electron chi connectivity index (χ2n) is 4.75. The number of hydrogen-bond donors (Lipinski definition) is 0. The molecule has 102 valence electrons. The molecule has 0 radical (unpaired) electrons. The fourth-order valence-electron chi connectivity index (χ4n) is 1.90. The quantitative estimate of drug-likeness (QED) is 0.705. The van der Waals surface area contributed by atoms with Crippen molar-refractivity contribution in [3.8, 4) is 0 Å². The molecule has 0 amide bonds. The van der Waals surface area contributed by atoms with Crippen molar-refractivity contribution in [1.29, 1.82) is 0 Å². The zero-order valence-corrected chi connectivity index (χ0v) is 12.6. The van der Waals surface area contributed by atoms with Crippen LogP contribution in [0.4, 0.5) is 0 Å². The highest BCUT2D eigenvalue weighted by Gasteiger charge is 2.45. The van der Waals surface area contributed by atoms with E-state index in [-0.39, 0.29) is 12.2 Å². The maximum atomic E-state index is 6.03. The molecule has 1 aliphatic heterocycles. The minimum atomic E-state index is -2.61. The summed E-state index contributed by atoms with van der Waals surface area (Å²) < 4.78 is 23.4. The Hall–Kier alpha value is 0.0169. The van der Waals surface area contributed by atoms with Crippen LogP contribution in [0.25, 0.3) is 0 Å². The van der Waals surface area contributed by atoms with E-state index in [4.69, 9.17) is 18.0 Å². The number of ether oxygens (including phenoxy) is 1. The Kier molecular flexibility index (Phi) is 6.05. The molecule has 5 nitrogen and oxygen atoms in total. The van der Waals surface area contributed by atoms with Crippen LogP contribution in [0.3, 0.4) is 0 Å². The lowest BCUT2D eigenvalue weighted by molar-refractivity contribution is -0.0743. The molecule has 0 N–H and O–H groups in total. The van der Waals surface area contributed by atoms with Gasteiger partial charge in [0.2, 0.25) is 0 Å². The Morgan fingerprint density at radius 1 is 1.18 bits per heavy atom. The average molecular weight is 263 g/mol. The predicted octanol–water partition coefficient (Wildman–Crippen LogP) is 0.903. The Morgan fingerprint density at radius 3 is 2.12 bits per heavy atom. The molecule has 0 aromatic carbocycles. The Bertz CT molecular complexity index is 216. The van der Waals surface area contributed by atoms with Crippen LogP contribution in [0.5, 0.6) is 0 Å². The molecule has 0 aliphatic carbocycles. The molecular weight excluding hydrogens is 238 g/mol. The van der Waals surface area contributed by atoms with Crippen molar-refractivity contribution in [3.05, 3.63) is 0 Å². The van der Waals surface area contributed by atoms with Crippen LogP contribution in [0, 0.1) is 0 Å². The molecule has 0 spiro atoms. The van der Waals surface area contributed by atoms with E-state index in [1.807, 2.05) is 34.9 Å². The minimum Gasteiger partial charge on any atom is -0.376 e. The molecule has 1 rings (SSSR count). The zero-order valence-electron chi connectivity index (χ0n) is 11.6. The van der Waals surface area contributed by atoms with E-state index in [0.29, 0.717) is 26.0 Å². The molecule has 0 aromatic heterocycles. The summed E-state index contributed by atoms with van der Waals surface area (Å²) in [4.78, 5) is 2.06. The van der Waals surface area contributed by atoms with E-state index in [2.05, 4.69) is 4.90 Å². The molecule has 1 fully saturated rings. The monoisotopic (exact) mass is 263 g/mol. The van der Waals surface area contributed by atoms with Gasteiger partial charge in [-0.2, -0.15) is 0 Å². The van der Waals surface area contributed by atoms with Crippen molar-refractivity contribution in [3.63, 3.8) is 0 Å². The molecule has 1 saturated heterocycles. The van der Waals surface area contributed by atoms with Crippen LogP contribution in [-0.2, 0) is 18.0 Å². The van der Waals surface area contributed by atoms with Gasteiger partial charge in [-0.1, -0.05) is 0 Å². The molecule has 6 heteroatoms. The van der Waals surface area contributed by atoms with E-state index in [9.17, 15) is 0 Å². The van der Waals surface area contributed by atoms with Crippen LogP contribution < -0.4 is 0 Å². The molecule has 0 saturated carbocycles. The van der Waals surface area contributed by atoms with Gasteiger partial charge in [0.05, 0.1) is 31.6 Å². The van der Waals surface area contributed by atoms with Gasteiger partial charge < -0.3 is 22.9 Å². The Balaban J connectivity index is 2.78. The first kappa shape index (κ1) is 15.1. The van der Waals surface area contributed by atoms with Crippen molar-refractivity contribution in [2.45, 2.75) is 33.0 Å². The van der Waals surface area contributed by atoms with Crippen LogP contribution in [0.2, 0.25) is 0 Å². The van der Waals surface area contributed by atoms with Crippen molar-refractivity contribution in [2.75, 3.05) is 40.1 Å². The van der Waals surface area contributed by atoms with Crippen molar-refractivity contribution >= 4 is 8.80 Å². The average Bonchev–Trinajstić information content (AvgIpc) is 2.13. The van der Waals surface area contributed by atoms with Crippen LogP contribution >= 0.6 is 0 Å². The first-order valence-corrected chi connectivity index (χ1v) is 8.12. The summed E-state index contributed by atoms with van der Waals surface area (Å²) in [5.41, 5.74) is 0. The van der Waals surface area contributed by atoms with E-state index in [1.165, 1.54) is 0 Å². The van der Waals surface area contributed by atoms with Crippen LogP contribution in [0.15, 0.2) is 0 Å².